The Morgan fingerprint density at radius 3 is 2.71 bits per heavy atom. The largest absolute Gasteiger partial charge is 0.491 e. The summed E-state index contributed by atoms with van der Waals surface area (Å²) in [4.78, 5) is 33.3. The highest BCUT2D eigenvalue weighted by atomic mass is 16.5. The highest BCUT2D eigenvalue weighted by molar-refractivity contribution is 6.00. The molecule has 9 heteroatoms. The molecule has 1 aromatic carbocycles. The van der Waals surface area contributed by atoms with Crippen molar-refractivity contribution in [3.8, 4) is 5.75 Å². The number of aromatic nitrogens is 1. The average molecular weight is 484 g/mol. The van der Waals surface area contributed by atoms with Gasteiger partial charge in [-0.3, -0.25) is 25.3 Å². The summed E-state index contributed by atoms with van der Waals surface area (Å²) in [6.45, 7) is 5.24. The second kappa shape index (κ2) is 11.3. The molecule has 2 aliphatic rings. The number of unbranched alkanes of at least 4 members (excludes halogenated alkanes) is 2. The number of urea groups is 1. The minimum absolute atomic E-state index is 0.0190. The summed E-state index contributed by atoms with van der Waals surface area (Å²) in [5, 5.41) is 18.3. The van der Waals surface area contributed by atoms with E-state index < -0.39 is 12.2 Å². The Morgan fingerprint density at radius 2 is 1.94 bits per heavy atom. The van der Waals surface area contributed by atoms with Crippen molar-refractivity contribution in [2.75, 3.05) is 26.8 Å². The molecule has 2 saturated heterocycles. The van der Waals surface area contributed by atoms with Crippen LogP contribution < -0.4 is 15.4 Å². The van der Waals surface area contributed by atoms with Crippen molar-refractivity contribution < 1.29 is 19.4 Å². The number of carbonyl (C=O) groups is 2. The molecule has 4 atom stereocenters. The van der Waals surface area contributed by atoms with Gasteiger partial charge in [0, 0.05) is 44.0 Å². The SMILES string of the molecule is CC(C)CN1C(=O)N(C)C(=O)C2NC(CCCCCO)C(COc3cccc4ccncc34)NC21. The van der Waals surface area contributed by atoms with Crippen LogP contribution in [0, 0.1) is 5.92 Å². The van der Waals surface area contributed by atoms with E-state index in [0.717, 1.165) is 42.2 Å². The van der Waals surface area contributed by atoms with Crippen molar-refractivity contribution in [3.63, 3.8) is 0 Å². The van der Waals surface area contributed by atoms with Crippen LogP contribution >= 0.6 is 0 Å². The summed E-state index contributed by atoms with van der Waals surface area (Å²) in [6.07, 6.45) is 6.55. The van der Waals surface area contributed by atoms with Gasteiger partial charge in [0.1, 0.15) is 24.6 Å². The number of carbonyl (C=O) groups excluding carboxylic acids is 2. The Bertz CT molecular complexity index is 1030. The molecule has 0 radical (unpaired) electrons. The summed E-state index contributed by atoms with van der Waals surface area (Å²) in [6, 6.07) is 6.95. The lowest BCUT2D eigenvalue weighted by molar-refractivity contribution is -0.138. The van der Waals surface area contributed by atoms with Crippen LogP contribution in [0.25, 0.3) is 10.8 Å². The van der Waals surface area contributed by atoms with Crippen LogP contribution in [-0.2, 0) is 4.79 Å². The van der Waals surface area contributed by atoms with Crippen LogP contribution in [0.5, 0.6) is 5.75 Å². The normalized spacial score (nSPS) is 24.8. The predicted octanol–water partition coefficient (Wildman–Crippen LogP) is 2.34. The van der Waals surface area contributed by atoms with Crippen molar-refractivity contribution in [2.24, 2.45) is 5.92 Å². The summed E-state index contributed by atoms with van der Waals surface area (Å²) in [5.41, 5.74) is 0. The molecule has 1 aromatic heterocycles. The van der Waals surface area contributed by atoms with Crippen molar-refractivity contribution in [1.29, 1.82) is 0 Å². The Kier molecular flexibility index (Phi) is 8.20. The third-order valence-electron chi connectivity index (χ3n) is 6.84. The molecule has 2 aliphatic heterocycles. The van der Waals surface area contributed by atoms with E-state index in [1.807, 2.05) is 24.3 Å². The highest BCUT2D eigenvalue weighted by Crippen LogP contribution is 2.27. The number of aliphatic hydroxyl groups excluding tert-OH is 1. The first-order valence-electron chi connectivity index (χ1n) is 12.6. The zero-order chi connectivity index (χ0) is 24.9. The van der Waals surface area contributed by atoms with E-state index in [9.17, 15) is 9.59 Å². The second-order valence-corrected chi connectivity index (χ2v) is 9.93. The second-order valence-electron chi connectivity index (χ2n) is 9.93. The van der Waals surface area contributed by atoms with Gasteiger partial charge >= 0.3 is 6.03 Å². The van der Waals surface area contributed by atoms with Gasteiger partial charge in [0.15, 0.2) is 0 Å². The third kappa shape index (κ3) is 5.58. The lowest BCUT2D eigenvalue weighted by Gasteiger charge is -2.51. The van der Waals surface area contributed by atoms with E-state index >= 15 is 0 Å². The standard InChI is InChI=1S/C26H37N5O4/c1-17(2)15-31-24-23(25(33)30(3)26(31)34)28-20(9-5-4-6-13-32)21(29-24)16-35-22-10-7-8-18-11-12-27-14-19(18)22/h7-8,10-12,14,17,20-21,23-24,28-29,32H,4-6,9,13,15-16H2,1-3H3. The molecule has 3 amide bonds. The van der Waals surface area contributed by atoms with Crippen LogP contribution in [0.2, 0.25) is 0 Å². The molecule has 190 valence electrons. The number of hydrogen-bond donors (Lipinski definition) is 3. The number of pyridine rings is 1. The van der Waals surface area contributed by atoms with Crippen LogP contribution in [0.4, 0.5) is 4.79 Å². The van der Waals surface area contributed by atoms with Crippen molar-refractivity contribution >= 4 is 22.7 Å². The molecule has 2 aromatic rings. The maximum absolute atomic E-state index is 13.1. The van der Waals surface area contributed by atoms with Gasteiger partial charge < -0.3 is 14.7 Å². The molecular weight excluding hydrogens is 446 g/mol. The van der Waals surface area contributed by atoms with Crippen LogP contribution in [0.3, 0.4) is 0 Å². The number of piperazine rings is 1. The fraction of sp³-hybridized carbons (Fsp3) is 0.577. The van der Waals surface area contributed by atoms with Gasteiger partial charge in [-0.15, -0.1) is 0 Å². The zero-order valence-corrected chi connectivity index (χ0v) is 20.8. The molecule has 4 rings (SSSR count). The maximum atomic E-state index is 13.1. The van der Waals surface area contributed by atoms with Gasteiger partial charge in [-0.05, 0) is 36.3 Å². The predicted molar refractivity (Wildman–Crippen MR) is 134 cm³/mol. The van der Waals surface area contributed by atoms with E-state index in [0.29, 0.717) is 13.2 Å². The molecule has 35 heavy (non-hydrogen) atoms. The minimum Gasteiger partial charge on any atom is -0.491 e. The van der Waals surface area contributed by atoms with Crippen molar-refractivity contribution in [1.82, 2.24) is 25.4 Å². The van der Waals surface area contributed by atoms with Crippen molar-refractivity contribution in [2.45, 2.75) is 63.8 Å². The fourth-order valence-electron chi connectivity index (χ4n) is 5.04. The molecular formula is C26H37N5O4. The lowest BCUT2D eigenvalue weighted by atomic mass is 9.93. The van der Waals surface area contributed by atoms with Gasteiger partial charge in [0.2, 0.25) is 0 Å². The van der Waals surface area contributed by atoms with Crippen molar-refractivity contribution in [3.05, 3.63) is 36.7 Å². The molecule has 0 aliphatic carbocycles. The van der Waals surface area contributed by atoms with E-state index in [-0.39, 0.29) is 36.5 Å². The molecule has 0 bridgehead atoms. The van der Waals surface area contributed by atoms with Gasteiger partial charge in [-0.25, -0.2) is 4.79 Å². The summed E-state index contributed by atoms with van der Waals surface area (Å²) < 4.78 is 6.31. The molecule has 0 spiro atoms. The molecule has 9 nitrogen and oxygen atoms in total. The summed E-state index contributed by atoms with van der Waals surface area (Å²) >= 11 is 0. The number of hydrogen-bond acceptors (Lipinski definition) is 7. The first-order chi connectivity index (χ1) is 16.9. The van der Waals surface area contributed by atoms with E-state index in [1.165, 1.54) is 4.90 Å². The summed E-state index contributed by atoms with van der Waals surface area (Å²) in [7, 11) is 1.55. The molecule has 0 saturated carbocycles. The molecule has 3 N–H and O–H groups in total. The number of likely N-dealkylation sites (N-methyl/N-ethyl adjacent to an activating group) is 1. The first-order valence-corrected chi connectivity index (χ1v) is 12.6. The Balaban J connectivity index is 1.55. The summed E-state index contributed by atoms with van der Waals surface area (Å²) in [5.74, 6) is 0.803. The number of imide groups is 1. The van der Waals surface area contributed by atoms with E-state index in [4.69, 9.17) is 9.84 Å². The van der Waals surface area contributed by atoms with Gasteiger partial charge in [-0.2, -0.15) is 0 Å². The number of benzene rings is 1. The molecule has 4 unspecified atom stereocenters. The number of nitrogens with one attached hydrogen (secondary N) is 2. The number of amides is 3. The Hall–Kier alpha value is -2.75. The zero-order valence-electron chi connectivity index (χ0n) is 20.8. The number of ether oxygens (including phenoxy) is 1. The van der Waals surface area contributed by atoms with Gasteiger partial charge in [0.25, 0.3) is 5.91 Å². The Labute approximate surface area is 206 Å². The van der Waals surface area contributed by atoms with Gasteiger partial charge in [-0.1, -0.05) is 38.8 Å². The number of rotatable bonds is 10. The van der Waals surface area contributed by atoms with Gasteiger partial charge in [0.05, 0.1) is 6.04 Å². The van der Waals surface area contributed by atoms with Crippen LogP contribution in [-0.4, -0.2) is 82.9 Å². The number of aliphatic hydroxyl groups is 1. The number of fused-ring (bicyclic) bond motifs is 2. The first kappa shape index (κ1) is 25.3. The quantitative estimate of drug-likeness (QED) is 0.445. The Morgan fingerprint density at radius 1 is 1.11 bits per heavy atom. The van der Waals surface area contributed by atoms with Crippen LogP contribution in [0.15, 0.2) is 36.7 Å². The fourth-order valence-corrected chi connectivity index (χ4v) is 5.04. The number of nitrogens with zero attached hydrogens (tertiary/aromatic N) is 3. The lowest BCUT2D eigenvalue weighted by Crippen LogP contribution is -2.79. The molecule has 3 heterocycles. The highest BCUT2D eigenvalue weighted by Gasteiger charge is 2.50. The van der Waals surface area contributed by atoms with E-state index in [1.54, 1.807) is 24.3 Å². The van der Waals surface area contributed by atoms with E-state index in [2.05, 4.69) is 29.5 Å². The average Bonchev–Trinajstić information content (AvgIpc) is 2.86. The monoisotopic (exact) mass is 483 g/mol. The molecule has 2 fully saturated rings. The topological polar surface area (TPSA) is 107 Å². The maximum Gasteiger partial charge on any atom is 0.327 e. The third-order valence-corrected chi connectivity index (χ3v) is 6.84. The minimum atomic E-state index is -0.516. The van der Waals surface area contributed by atoms with Crippen LogP contribution in [0.1, 0.15) is 39.5 Å². The smallest absolute Gasteiger partial charge is 0.327 e.